The van der Waals surface area contributed by atoms with Crippen LogP contribution in [0.4, 0.5) is 18.0 Å². The summed E-state index contributed by atoms with van der Waals surface area (Å²) < 4.78 is 38.2. The van der Waals surface area contributed by atoms with Crippen LogP contribution in [-0.4, -0.2) is 57.9 Å². The Morgan fingerprint density at radius 1 is 1.22 bits per heavy atom. The van der Waals surface area contributed by atoms with E-state index in [9.17, 15) is 33.0 Å². The summed E-state index contributed by atoms with van der Waals surface area (Å²) in [6.45, 7) is 0.545. The van der Waals surface area contributed by atoms with Crippen LogP contribution >= 0.6 is 0 Å². The van der Waals surface area contributed by atoms with Gasteiger partial charge >= 0.3 is 18.2 Å². The number of carbonyl (C=O) groups excluding carboxylic acids is 1. The topological polar surface area (TPSA) is 138 Å². The monoisotopic (exact) mass is 454 g/mol. The Bertz CT molecular complexity index is 928. The number of alkyl halides is 3. The van der Waals surface area contributed by atoms with Crippen molar-refractivity contribution in [2.75, 3.05) is 13.1 Å². The normalized spacial score (nSPS) is 18.4. The van der Waals surface area contributed by atoms with E-state index in [0.717, 1.165) is 0 Å². The van der Waals surface area contributed by atoms with Crippen LogP contribution in [0.1, 0.15) is 38.2 Å². The van der Waals surface area contributed by atoms with Gasteiger partial charge in [-0.05, 0) is 56.0 Å². The fraction of sp³-hybridized carbons (Fsp3) is 0.429. The van der Waals surface area contributed by atoms with Gasteiger partial charge in [0.15, 0.2) is 0 Å². The molecule has 174 valence electrons. The molecule has 1 aliphatic rings. The highest BCUT2D eigenvalue weighted by atomic mass is 19.4. The van der Waals surface area contributed by atoms with Crippen molar-refractivity contribution in [2.24, 2.45) is 5.41 Å². The van der Waals surface area contributed by atoms with Crippen LogP contribution in [-0.2, 0) is 4.79 Å². The number of rotatable bonds is 7. The summed E-state index contributed by atoms with van der Waals surface area (Å²) in [7, 11) is 0. The molecule has 0 spiro atoms. The van der Waals surface area contributed by atoms with Gasteiger partial charge in [-0.1, -0.05) is 6.08 Å². The van der Waals surface area contributed by atoms with E-state index in [1.807, 2.05) is 0 Å². The number of halogens is 3. The predicted octanol–water partition coefficient (Wildman–Crippen LogP) is 3.90. The maximum atomic E-state index is 12.7. The Labute approximate surface area is 182 Å². The molecule has 0 heterocycles. The van der Waals surface area contributed by atoms with Gasteiger partial charge in [0.25, 0.3) is 0 Å². The summed E-state index contributed by atoms with van der Waals surface area (Å²) in [5, 5.41) is 37.3. The first kappa shape index (κ1) is 24.9. The summed E-state index contributed by atoms with van der Waals surface area (Å²) in [6, 6.07) is 4.14. The van der Waals surface area contributed by atoms with E-state index >= 15 is 0 Å². The van der Waals surface area contributed by atoms with Gasteiger partial charge in [0.05, 0.1) is 24.1 Å². The van der Waals surface area contributed by atoms with Gasteiger partial charge in [-0.25, -0.2) is 4.79 Å². The first-order chi connectivity index (χ1) is 14.8. The van der Waals surface area contributed by atoms with Crippen LogP contribution in [0.3, 0.4) is 0 Å². The van der Waals surface area contributed by atoms with Crippen molar-refractivity contribution in [3.05, 3.63) is 41.5 Å². The molecule has 0 fully saturated rings. The average molecular weight is 454 g/mol. The lowest BCUT2D eigenvalue weighted by molar-refractivity contribution is -0.148. The van der Waals surface area contributed by atoms with E-state index in [-0.39, 0.29) is 30.0 Å². The molecule has 2 amide bonds. The molecule has 0 aliphatic heterocycles. The van der Waals surface area contributed by atoms with Gasteiger partial charge < -0.3 is 20.9 Å². The quantitative estimate of drug-likeness (QED) is 0.315. The Kier molecular flexibility index (Phi) is 7.65. The molecule has 1 unspecified atom stereocenters. The van der Waals surface area contributed by atoms with Crippen molar-refractivity contribution in [2.45, 2.75) is 38.8 Å². The second-order valence-corrected chi connectivity index (χ2v) is 7.85. The van der Waals surface area contributed by atoms with Gasteiger partial charge in [0.1, 0.15) is 11.6 Å². The molecule has 1 atom stereocenters. The van der Waals surface area contributed by atoms with E-state index in [0.29, 0.717) is 23.3 Å². The first-order valence-electron chi connectivity index (χ1n) is 9.83. The molecule has 0 radical (unpaired) electrons. The Hall–Kier alpha value is -3.37. The standard InChI is InChI=1S/C21H25F3N4O4/c1-20(18(30)31)8-6-13(7-9-20)16(25)12-27-19(32)28(11-10-21(22,23)24)17(26)14-2-4-15(29)5-3-14/h2-6,25-26,29H,7-12H2,1H3,(H,27,32)(H,30,31). The fourth-order valence-electron chi connectivity index (χ4n) is 3.13. The second-order valence-electron chi connectivity index (χ2n) is 7.85. The van der Waals surface area contributed by atoms with Crippen LogP contribution in [0, 0.1) is 16.2 Å². The number of carboxylic acid groups (broad SMARTS) is 1. The highest BCUT2D eigenvalue weighted by molar-refractivity contribution is 6.07. The van der Waals surface area contributed by atoms with Crippen molar-refractivity contribution in [3.63, 3.8) is 0 Å². The summed E-state index contributed by atoms with van der Waals surface area (Å²) in [4.78, 5) is 24.5. The van der Waals surface area contributed by atoms with Crippen LogP contribution in [0.25, 0.3) is 0 Å². The minimum absolute atomic E-state index is 0.0257. The maximum absolute atomic E-state index is 12.7. The first-order valence-corrected chi connectivity index (χ1v) is 9.83. The van der Waals surface area contributed by atoms with E-state index < -0.39 is 42.4 Å². The molecule has 0 saturated heterocycles. The number of urea groups is 1. The second kappa shape index (κ2) is 9.84. The molecule has 5 N–H and O–H groups in total. The summed E-state index contributed by atoms with van der Waals surface area (Å²) >= 11 is 0. The number of aromatic hydroxyl groups is 1. The number of allylic oxidation sites excluding steroid dienone is 1. The van der Waals surface area contributed by atoms with Gasteiger partial charge in [-0.15, -0.1) is 0 Å². The third-order valence-electron chi connectivity index (χ3n) is 5.34. The van der Waals surface area contributed by atoms with Crippen LogP contribution < -0.4 is 5.32 Å². The van der Waals surface area contributed by atoms with Crippen LogP contribution in [0.15, 0.2) is 35.9 Å². The zero-order chi connectivity index (χ0) is 24.1. The number of carboxylic acids is 1. The Morgan fingerprint density at radius 2 is 1.84 bits per heavy atom. The SMILES string of the molecule is CC1(C(=O)O)CC=C(C(=N)CNC(=O)N(CCC(F)(F)F)C(=N)c2ccc(O)cc2)CC1. The Morgan fingerprint density at radius 3 is 2.34 bits per heavy atom. The van der Waals surface area contributed by atoms with E-state index in [4.69, 9.17) is 10.8 Å². The lowest BCUT2D eigenvalue weighted by Gasteiger charge is -2.29. The molecular formula is C21H25F3N4O4. The molecule has 1 aromatic carbocycles. The summed E-state index contributed by atoms with van der Waals surface area (Å²) in [5.41, 5.74) is -0.184. The van der Waals surface area contributed by atoms with Crippen molar-refractivity contribution in [3.8, 4) is 5.75 Å². The minimum Gasteiger partial charge on any atom is -0.508 e. The van der Waals surface area contributed by atoms with Crippen LogP contribution in [0.5, 0.6) is 5.75 Å². The minimum atomic E-state index is -4.54. The summed E-state index contributed by atoms with van der Waals surface area (Å²) in [6.07, 6.45) is -3.34. The molecule has 8 nitrogen and oxygen atoms in total. The van der Waals surface area contributed by atoms with Gasteiger partial charge in [-0.2, -0.15) is 13.2 Å². The number of carbonyl (C=O) groups is 2. The molecule has 11 heteroatoms. The molecule has 1 aromatic rings. The van der Waals surface area contributed by atoms with Crippen molar-refractivity contribution in [1.29, 1.82) is 10.8 Å². The van der Waals surface area contributed by atoms with Crippen molar-refractivity contribution < 1.29 is 33.0 Å². The number of amides is 2. The van der Waals surface area contributed by atoms with Gasteiger partial charge in [0.2, 0.25) is 0 Å². The molecule has 32 heavy (non-hydrogen) atoms. The van der Waals surface area contributed by atoms with Gasteiger partial charge in [-0.3, -0.25) is 15.1 Å². The highest BCUT2D eigenvalue weighted by Crippen LogP contribution is 2.35. The zero-order valence-electron chi connectivity index (χ0n) is 17.4. The number of amidine groups is 1. The van der Waals surface area contributed by atoms with E-state index in [1.54, 1.807) is 13.0 Å². The lowest BCUT2D eigenvalue weighted by Crippen LogP contribution is -2.46. The molecule has 0 saturated carbocycles. The lowest BCUT2D eigenvalue weighted by atomic mass is 9.76. The third kappa shape index (κ3) is 6.56. The van der Waals surface area contributed by atoms with Crippen molar-refractivity contribution in [1.82, 2.24) is 10.2 Å². The third-order valence-corrected chi connectivity index (χ3v) is 5.34. The number of phenolic OH excluding ortho intramolecular Hbond substituents is 1. The van der Waals surface area contributed by atoms with Crippen molar-refractivity contribution >= 4 is 23.5 Å². The number of nitrogens with zero attached hydrogens (tertiary/aromatic N) is 1. The predicted molar refractivity (Wildman–Crippen MR) is 111 cm³/mol. The van der Waals surface area contributed by atoms with Gasteiger partial charge in [0, 0.05) is 12.1 Å². The fourth-order valence-corrected chi connectivity index (χ4v) is 3.13. The number of aliphatic carboxylic acids is 1. The average Bonchev–Trinajstić information content (AvgIpc) is 2.72. The smallest absolute Gasteiger partial charge is 0.390 e. The molecule has 2 rings (SSSR count). The van der Waals surface area contributed by atoms with E-state index in [1.165, 1.54) is 24.3 Å². The van der Waals surface area contributed by atoms with Crippen LogP contribution in [0.2, 0.25) is 0 Å². The van der Waals surface area contributed by atoms with E-state index in [2.05, 4.69) is 5.32 Å². The Balaban J connectivity index is 2.06. The number of phenols is 1. The molecule has 1 aliphatic carbocycles. The highest BCUT2D eigenvalue weighted by Gasteiger charge is 2.35. The zero-order valence-corrected chi connectivity index (χ0v) is 17.4. The molecular weight excluding hydrogens is 429 g/mol. The number of hydrogen-bond acceptors (Lipinski definition) is 5. The number of hydrogen-bond donors (Lipinski definition) is 5. The summed E-state index contributed by atoms with van der Waals surface area (Å²) in [5.74, 6) is -1.51. The number of benzene rings is 1. The molecule has 0 bridgehead atoms. The number of nitrogens with one attached hydrogen (secondary N) is 3. The molecule has 0 aromatic heterocycles. The maximum Gasteiger partial charge on any atom is 0.390 e. The largest absolute Gasteiger partial charge is 0.508 e.